The zero-order valence-corrected chi connectivity index (χ0v) is 28.2. The Kier molecular flexibility index (Phi) is 8.32. The molecule has 252 valence electrons. The molecule has 5 atom stereocenters. The fourth-order valence-corrected chi connectivity index (χ4v) is 8.82. The van der Waals surface area contributed by atoms with Crippen molar-refractivity contribution in [2.24, 2.45) is 11.8 Å². The second-order valence-corrected chi connectivity index (χ2v) is 14.3. The molecule has 48 heavy (non-hydrogen) atoms. The molecule has 3 saturated heterocycles. The third-order valence-corrected chi connectivity index (χ3v) is 11.4. The van der Waals surface area contributed by atoms with E-state index in [1.807, 2.05) is 65.6 Å². The fourth-order valence-electron chi connectivity index (χ4n) is 8.82. The SMILES string of the molecule is COc1ccc(C(C)(C)[C@@H]2[C@@H](CC(=O)N3CCC[C@H]3CO)O[C@]3(C(=O)N(Cc4ccccc4)c4ccc(N5CCC5=O)cc43)[C@H]2C)cc1. The molecule has 3 amide bonds. The summed E-state index contributed by atoms with van der Waals surface area (Å²) >= 11 is 0. The number of ether oxygens (including phenoxy) is 2. The predicted molar refractivity (Wildman–Crippen MR) is 183 cm³/mol. The number of β-lactam (4-membered cyclic amide) rings is 1. The third-order valence-electron chi connectivity index (χ3n) is 11.4. The standard InChI is InChI=1S/C39H45N3O6/c1-25-36(38(2,3)27-12-15-30(47-4)16-13-27)33(22-35(45)40-19-8-11-29(40)24-43)48-39(25)31-21-28(41-20-18-34(41)44)14-17-32(31)42(37(39)46)23-26-9-6-5-7-10-26/h5-7,9-10,12-17,21,25,29,33,36,43H,8,11,18-20,22-24H2,1-4H3/t25-,29-,33+,36-,39+/m0/s1. The average molecular weight is 652 g/mol. The van der Waals surface area contributed by atoms with Gasteiger partial charge in [-0.05, 0) is 59.7 Å². The summed E-state index contributed by atoms with van der Waals surface area (Å²) in [6.07, 6.45) is 1.63. The lowest BCUT2D eigenvalue weighted by Gasteiger charge is -2.39. The van der Waals surface area contributed by atoms with E-state index in [4.69, 9.17) is 9.47 Å². The Bertz CT molecular complexity index is 1710. The van der Waals surface area contributed by atoms with Crippen molar-refractivity contribution in [1.82, 2.24) is 4.90 Å². The Balaban J connectivity index is 1.34. The Morgan fingerprint density at radius 3 is 2.44 bits per heavy atom. The number of hydrogen-bond acceptors (Lipinski definition) is 6. The Hall–Kier alpha value is -4.21. The van der Waals surface area contributed by atoms with Crippen molar-refractivity contribution >= 4 is 29.1 Å². The van der Waals surface area contributed by atoms with Crippen molar-refractivity contribution < 1.29 is 29.0 Å². The van der Waals surface area contributed by atoms with Crippen molar-refractivity contribution in [3.63, 3.8) is 0 Å². The van der Waals surface area contributed by atoms with Crippen LogP contribution in [0.5, 0.6) is 5.75 Å². The number of carbonyl (C=O) groups is 3. The second kappa shape index (κ2) is 12.3. The maximum absolute atomic E-state index is 15.1. The molecule has 4 heterocycles. The number of rotatable bonds is 9. The molecule has 0 aliphatic carbocycles. The normalized spacial score (nSPS) is 26.7. The molecule has 1 spiro atoms. The van der Waals surface area contributed by atoms with Gasteiger partial charge in [-0.3, -0.25) is 14.4 Å². The Morgan fingerprint density at radius 1 is 1.04 bits per heavy atom. The predicted octanol–water partition coefficient (Wildman–Crippen LogP) is 5.18. The number of aliphatic hydroxyl groups is 1. The lowest BCUT2D eigenvalue weighted by molar-refractivity contribution is -0.150. The number of benzene rings is 3. The molecule has 7 rings (SSSR count). The van der Waals surface area contributed by atoms with Crippen LogP contribution in [0.4, 0.5) is 11.4 Å². The summed E-state index contributed by atoms with van der Waals surface area (Å²) in [6, 6.07) is 23.5. The van der Waals surface area contributed by atoms with Crippen LogP contribution < -0.4 is 14.5 Å². The van der Waals surface area contributed by atoms with Crippen LogP contribution in [0.3, 0.4) is 0 Å². The molecule has 0 unspecified atom stereocenters. The molecule has 3 aromatic rings. The van der Waals surface area contributed by atoms with E-state index in [2.05, 4.69) is 32.9 Å². The fraction of sp³-hybridized carbons (Fsp3) is 0.462. The van der Waals surface area contributed by atoms with E-state index in [-0.39, 0.29) is 48.6 Å². The molecule has 4 aliphatic heterocycles. The maximum Gasteiger partial charge on any atom is 0.264 e. The first-order valence-corrected chi connectivity index (χ1v) is 17.1. The van der Waals surface area contributed by atoms with E-state index in [1.54, 1.807) is 16.9 Å². The Morgan fingerprint density at radius 2 is 1.79 bits per heavy atom. The molecule has 9 nitrogen and oxygen atoms in total. The number of aliphatic hydroxyl groups excluding tert-OH is 1. The van der Waals surface area contributed by atoms with Gasteiger partial charge in [-0.1, -0.05) is 63.2 Å². The van der Waals surface area contributed by atoms with Crippen LogP contribution >= 0.6 is 0 Å². The molecule has 0 aromatic heterocycles. The number of likely N-dealkylation sites (tertiary alicyclic amines) is 1. The molecule has 0 radical (unpaired) electrons. The number of amides is 3. The highest BCUT2D eigenvalue weighted by Gasteiger charge is 2.66. The molecule has 9 heteroatoms. The van der Waals surface area contributed by atoms with Gasteiger partial charge in [-0.15, -0.1) is 0 Å². The van der Waals surface area contributed by atoms with Gasteiger partial charge in [0.1, 0.15) is 5.75 Å². The number of methoxy groups -OCH3 is 1. The van der Waals surface area contributed by atoms with Gasteiger partial charge in [0.2, 0.25) is 11.8 Å². The van der Waals surface area contributed by atoms with Gasteiger partial charge in [0.15, 0.2) is 5.60 Å². The lowest BCUT2D eigenvalue weighted by atomic mass is 9.63. The van der Waals surface area contributed by atoms with E-state index in [0.29, 0.717) is 26.1 Å². The molecule has 0 bridgehead atoms. The van der Waals surface area contributed by atoms with Crippen LogP contribution in [0, 0.1) is 11.8 Å². The zero-order chi connectivity index (χ0) is 33.8. The highest BCUT2D eigenvalue weighted by atomic mass is 16.5. The first kappa shape index (κ1) is 32.3. The summed E-state index contributed by atoms with van der Waals surface area (Å²) in [6.45, 7) is 7.95. The number of fused-ring (bicyclic) bond motifs is 2. The second-order valence-electron chi connectivity index (χ2n) is 14.3. The summed E-state index contributed by atoms with van der Waals surface area (Å²) in [4.78, 5) is 47.0. The first-order chi connectivity index (χ1) is 23.1. The van der Waals surface area contributed by atoms with Crippen molar-refractivity contribution in [2.75, 3.05) is 36.6 Å². The molecule has 4 aliphatic rings. The van der Waals surface area contributed by atoms with Crippen molar-refractivity contribution in [3.8, 4) is 5.75 Å². The topological polar surface area (TPSA) is 99.6 Å². The molecular formula is C39H45N3O6. The number of hydrogen-bond donors (Lipinski definition) is 1. The van der Waals surface area contributed by atoms with Crippen molar-refractivity contribution in [2.45, 2.75) is 76.2 Å². The van der Waals surface area contributed by atoms with E-state index in [1.165, 1.54) is 0 Å². The minimum Gasteiger partial charge on any atom is -0.497 e. The third kappa shape index (κ3) is 5.10. The molecular weight excluding hydrogens is 606 g/mol. The number of nitrogens with zero attached hydrogens (tertiary/aromatic N) is 3. The van der Waals surface area contributed by atoms with Gasteiger partial charge in [0, 0.05) is 42.6 Å². The molecule has 3 aromatic carbocycles. The molecule has 3 fully saturated rings. The summed E-state index contributed by atoms with van der Waals surface area (Å²) in [5, 5.41) is 10.0. The first-order valence-electron chi connectivity index (χ1n) is 17.1. The smallest absolute Gasteiger partial charge is 0.264 e. The van der Waals surface area contributed by atoms with E-state index >= 15 is 4.79 Å². The zero-order valence-electron chi connectivity index (χ0n) is 28.2. The number of anilines is 2. The lowest BCUT2D eigenvalue weighted by Crippen LogP contribution is -2.46. The van der Waals surface area contributed by atoms with Crippen molar-refractivity contribution in [1.29, 1.82) is 0 Å². The van der Waals surface area contributed by atoms with Crippen LogP contribution in [-0.4, -0.2) is 66.7 Å². The number of carbonyl (C=O) groups excluding carboxylic acids is 3. The van der Waals surface area contributed by atoms with Gasteiger partial charge < -0.3 is 29.3 Å². The van der Waals surface area contributed by atoms with Gasteiger partial charge in [0.05, 0.1) is 44.5 Å². The van der Waals surface area contributed by atoms with E-state index < -0.39 is 17.1 Å². The minimum atomic E-state index is -1.37. The van der Waals surface area contributed by atoms with E-state index in [9.17, 15) is 14.7 Å². The monoisotopic (exact) mass is 651 g/mol. The maximum atomic E-state index is 15.1. The quantitative estimate of drug-likeness (QED) is 0.321. The van der Waals surface area contributed by atoms with Crippen molar-refractivity contribution in [3.05, 3.63) is 89.5 Å². The van der Waals surface area contributed by atoms with Gasteiger partial charge in [-0.25, -0.2) is 0 Å². The Labute approximate surface area is 282 Å². The summed E-state index contributed by atoms with van der Waals surface area (Å²) < 4.78 is 12.6. The largest absolute Gasteiger partial charge is 0.497 e. The van der Waals surface area contributed by atoms with E-state index in [0.717, 1.165) is 46.7 Å². The van der Waals surface area contributed by atoms with Gasteiger partial charge in [0.25, 0.3) is 5.91 Å². The van der Waals surface area contributed by atoms with Crippen LogP contribution in [-0.2, 0) is 36.7 Å². The van der Waals surface area contributed by atoms with Crippen LogP contribution in [0.15, 0.2) is 72.8 Å². The van der Waals surface area contributed by atoms with Gasteiger partial charge >= 0.3 is 0 Å². The summed E-state index contributed by atoms with van der Waals surface area (Å²) in [7, 11) is 1.64. The highest BCUT2D eigenvalue weighted by molar-refractivity contribution is 6.09. The minimum absolute atomic E-state index is 0.0564. The summed E-state index contributed by atoms with van der Waals surface area (Å²) in [5.41, 5.74) is 2.43. The average Bonchev–Trinajstić information content (AvgIpc) is 3.75. The van der Waals surface area contributed by atoms with Crippen LogP contribution in [0.2, 0.25) is 0 Å². The van der Waals surface area contributed by atoms with Gasteiger partial charge in [-0.2, -0.15) is 0 Å². The summed E-state index contributed by atoms with van der Waals surface area (Å²) in [5.74, 6) is 0.00800. The molecule has 0 saturated carbocycles. The van der Waals surface area contributed by atoms with Crippen LogP contribution in [0.1, 0.15) is 63.1 Å². The molecule has 1 N–H and O–H groups in total. The van der Waals surface area contributed by atoms with Crippen LogP contribution in [0.25, 0.3) is 0 Å². The highest BCUT2D eigenvalue weighted by Crippen LogP contribution is 2.60.